The number of thiophene rings is 1. The van der Waals surface area contributed by atoms with Crippen molar-refractivity contribution in [2.45, 2.75) is 32.7 Å². The number of carbonyl (C=O) groups excluding carboxylic acids is 1. The van der Waals surface area contributed by atoms with Crippen LogP contribution >= 0.6 is 11.3 Å². The standard InChI is InChI=1S/C16H22N4O2S/c1-2-14-18-19-15(22-14)11-20-7-3-5-12(10-20)9-17-16(21)13-6-4-8-23-13/h4,6,8,12H,2-3,5,7,9-11H2,1H3,(H,17,21). The molecule has 0 saturated carbocycles. The summed E-state index contributed by atoms with van der Waals surface area (Å²) in [5.74, 6) is 1.88. The molecule has 0 aromatic carbocycles. The van der Waals surface area contributed by atoms with Gasteiger partial charge < -0.3 is 9.73 Å². The summed E-state index contributed by atoms with van der Waals surface area (Å²) in [5, 5.41) is 13.1. The number of hydrogen-bond donors (Lipinski definition) is 1. The highest BCUT2D eigenvalue weighted by atomic mass is 32.1. The normalized spacial score (nSPS) is 18.9. The molecule has 1 aliphatic rings. The fraction of sp³-hybridized carbons (Fsp3) is 0.562. The third kappa shape index (κ3) is 4.39. The maximum absolute atomic E-state index is 12.0. The number of hydrogen-bond acceptors (Lipinski definition) is 6. The van der Waals surface area contributed by atoms with Crippen molar-refractivity contribution in [2.24, 2.45) is 5.92 Å². The summed E-state index contributed by atoms with van der Waals surface area (Å²) in [7, 11) is 0. The Balaban J connectivity index is 1.47. The van der Waals surface area contributed by atoms with Crippen LogP contribution in [0.1, 0.15) is 41.2 Å². The first-order valence-corrected chi connectivity index (χ1v) is 8.98. The van der Waals surface area contributed by atoms with Gasteiger partial charge in [-0.1, -0.05) is 13.0 Å². The molecule has 1 amide bonds. The number of piperidine rings is 1. The molecule has 0 spiro atoms. The van der Waals surface area contributed by atoms with Crippen LogP contribution < -0.4 is 5.32 Å². The van der Waals surface area contributed by atoms with Crippen LogP contribution in [0.5, 0.6) is 0 Å². The minimum absolute atomic E-state index is 0.0293. The Labute approximate surface area is 139 Å². The molecule has 0 radical (unpaired) electrons. The lowest BCUT2D eigenvalue weighted by Crippen LogP contribution is -2.40. The first-order valence-electron chi connectivity index (χ1n) is 8.10. The molecule has 1 N–H and O–H groups in total. The lowest BCUT2D eigenvalue weighted by Gasteiger charge is -2.31. The van der Waals surface area contributed by atoms with E-state index in [1.54, 1.807) is 0 Å². The Bertz CT molecular complexity index is 626. The third-order valence-electron chi connectivity index (χ3n) is 4.07. The molecular weight excluding hydrogens is 312 g/mol. The predicted octanol–water partition coefficient (Wildman–Crippen LogP) is 2.34. The lowest BCUT2D eigenvalue weighted by molar-refractivity contribution is 0.0931. The lowest BCUT2D eigenvalue weighted by atomic mass is 9.98. The van der Waals surface area contributed by atoms with E-state index < -0.39 is 0 Å². The number of carbonyl (C=O) groups is 1. The highest BCUT2D eigenvalue weighted by Gasteiger charge is 2.22. The smallest absolute Gasteiger partial charge is 0.261 e. The largest absolute Gasteiger partial charge is 0.424 e. The van der Waals surface area contributed by atoms with Crippen molar-refractivity contribution in [3.8, 4) is 0 Å². The minimum atomic E-state index is 0.0293. The summed E-state index contributed by atoms with van der Waals surface area (Å²) < 4.78 is 5.59. The van der Waals surface area contributed by atoms with Crippen LogP contribution in [0.25, 0.3) is 0 Å². The van der Waals surface area contributed by atoms with Gasteiger partial charge in [-0.25, -0.2) is 0 Å². The molecule has 1 atom stereocenters. The van der Waals surface area contributed by atoms with Crippen LogP contribution in [0.2, 0.25) is 0 Å². The summed E-state index contributed by atoms with van der Waals surface area (Å²) in [6, 6.07) is 3.75. The molecule has 0 bridgehead atoms. The Morgan fingerprint density at radius 3 is 3.09 bits per heavy atom. The summed E-state index contributed by atoms with van der Waals surface area (Å²) in [6.07, 6.45) is 3.05. The Hall–Kier alpha value is -1.73. The Morgan fingerprint density at radius 2 is 2.35 bits per heavy atom. The summed E-state index contributed by atoms with van der Waals surface area (Å²) in [4.78, 5) is 15.1. The van der Waals surface area contributed by atoms with E-state index in [4.69, 9.17) is 4.42 Å². The molecule has 3 heterocycles. The molecule has 2 aromatic rings. The molecule has 1 aliphatic heterocycles. The van der Waals surface area contributed by atoms with Crippen LogP contribution in [0.4, 0.5) is 0 Å². The van der Waals surface area contributed by atoms with Gasteiger partial charge in [0.15, 0.2) is 0 Å². The summed E-state index contributed by atoms with van der Waals surface area (Å²) in [5.41, 5.74) is 0. The minimum Gasteiger partial charge on any atom is -0.424 e. The molecule has 1 fully saturated rings. The average Bonchev–Trinajstić information content (AvgIpc) is 3.24. The number of amides is 1. The van der Waals surface area contributed by atoms with E-state index in [1.807, 2.05) is 24.4 Å². The monoisotopic (exact) mass is 334 g/mol. The SMILES string of the molecule is CCc1nnc(CN2CCCC(CNC(=O)c3cccs3)C2)o1. The van der Waals surface area contributed by atoms with E-state index in [-0.39, 0.29) is 5.91 Å². The molecule has 3 rings (SSSR count). The first kappa shape index (κ1) is 16.1. The molecule has 1 unspecified atom stereocenters. The molecule has 23 heavy (non-hydrogen) atoms. The maximum Gasteiger partial charge on any atom is 0.261 e. The average molecular weight is 334 g/mol. The molecule has 1 saturated heterocycles. The van der Waals surface area contributed by atoms with Crippen LogP contribution in [0.3, 0.4) is 0 Å². The highest BCUT2D eigenvalue weighted by Crippen LogP contribution is 2.18. The first-order chi connectivity index (χ1) is 11.2. The van der Waals surface area contributed by atoms with Gasteiger partial charge in [0.25, 0.3) is 5.91 Å². The van der Waals surface area contributed by atoms with Crippen molar-refractivity contribution >= 4 is 17.2 Å². The molecule has 124 valence electrons. The fourth-order valence-corrected chi connectivity index (χ4v) is 3.52. The second kappa shape index (κ2) is 7.70. The van der Waals surface area contributed by atoms with E-state index in [9.17, 15) is 4.79 Å². The van der Waals surface area contributed by atoms with E-state index in [2.05, 4.69) is 20.4 Å². The van der Waals surface area contributed by atoms with E-state index in [1.165, 1.54) is 11.3 Å². The van der Waals surface area contributed by atoms with Gasteiger partial charge in [0.05, 0.1) is 11.4 Å². The van der Waals surface area contributed by atoms with Gasteiger partial charge in [-0.05, 0) is 36.8 Å². The van der Waals surface area contributed by atoms with Gasteiger partial charge in [-0.15, -0.1) is 21.5 Å². The second-order valence-corrected chi connectivity index (χ2v) is 6.82. The van der Waals surface area contributed by atoms with Crippen LogP contribution in [-0.4, -0.2) is 40.6 Å². The third-order valence-corrected chi connectivity index (χ3v) is 4.94. The van der Waals surface area contributed by atoms with Crippen molar-refractivity contribution in [3.63, 3.8) is 0 Å². The number of nitrogens with zero attached hydrogens (tertiary/aromatic N) is 3. The molecule has 0 aliphatic carbocycles. The number of aromatic nitrogens is 2. The summed E-state index contributed by atoms with van der Waals surface area (Å²) >= 11 is 1.47. The van der Waals surface area contributed by atoms with Gasteiger partial charge in [-0.3, -0.25) is 9.69 Å². The zero-order valence-electron chi connectivity index (χ0n) is 13.3. The van der Waals surface area contributed by atoms with Gasteiger partial charge >= 0.3 is 0 Å². The highest BCUT2D eigenvalue weighted by molar-refractivity contribution is 7.12. The zero-order valence-corrected chi connectivity index (χ0v) is 14.1. The van der Waals surface area contributed by atoms with Crippen molar-refractivity contribution < 1.29 is 9.21 Å². The molecule has 6 nitrogen and oxygen atoms in total. The number of nitrogens with one attached hydrogen (secondary N) is 1. The van der Waals surface area contributed by atoms with E-state index in [0.717, 1.165) is 43.8 Å². The van der Waals surface area contributed by atoms with Gasteiger partial charge in [0.2, 0.25) is 11.8 Å². The van der Waals surface area contributed by atoms with E-state index >= 15 is 0 Å². The van der Waals surface area contributed by atoms with Gasteiger partial charge in [0.1, 0.15) is 0 Å². The number of aryl methyl sites for hydroxylation is 1. The van der Waals surface area contributed by atoms with Crippen molar-refractivity contribution in [1.82, 2.24) is 20.4 Å². The van der Waals surface area contributed by atoms with Crippen LogP contribution in [-0.2, 0) is 13.0 Å². The number of rotatable bonds is 6. The maximum atomic E-state index is 12.0. The van der Waals surface area contributed by atoms with E-state index in [0.29, 0.717) is 24.2 Å². The van der Waals surface area contributed by atoms with Crippen molar-refractivity contribution in [2.75, 3.05) is 19.6 Å². The zero-order chi connectivity index (χ0) is 16.1. The molecule has 7 heteroatoms. The Morgan fingerprint density at radius 1 is 1.48 bits per heavy atom. The predicted molar refractivity (Wildman–Crippen MR) is 88.3 cm³/mol. The van der Waals surface area contributed by atoms with Crippen LogP contribution in [0.15, 0.2) is 21.9 Å². The molecular formula is C16H22N4O2S. The van der Waals surface area contributed by atoms with Crippen molar-refractivity contribution in [1.29, 1.82) is 0 Å². The van der Waals surface area contributed by atoms with Gasteiger partial charge in [0, 0.05) is 19.5 Å². The van der Waals surface area contributed by atoms with Gasteiger partial charge in [-0.2, -0.15) is 0 Å². The fourth-order valence-electron chi connectivity index (χ4n) is 2.88. The van der Waals surface area contributed by atoms with Crippen molar-refractivity contribution in [3.05, 3.63) is 34.2 Å². The quantitative estimate of drug-likeness (QED) is 0.878. The summed E-state index contributed by atoms with van der Waals surface area (Å²) in [6.45, 7) is 5.41. The number of likely N-dealkylation sites (tertiary alicyclic amines) is 1. The van der Waals surface area contributed by atoms with Crippen LogP contribution in [0, 0.1) is 5.92 Å². The topological polar surface area (TPSA) is 71.3 Å². The Kier molecular flexibility index (Phi) is 5.40. The molecule has 2 aromatic heterocycles. The second-order valence-electron chi connectivity index (χ2n) is 5.87.